The highest BCUT2D eigenvalue weighted by atomic mass is 32.2. The molecule has 20 heavy (non-hydrogen) atoms. The Morgan fingerprint density at radius 1 is 1.40 bits per heavy atom. The zero-order valence-corrected chi connectivity index (χ0v) is 12.0. The number of aromatic amines is 1. The minimum absolute atomic E-state index is 0.275. The molecule has 1 fully saturated rings. The number of aromatic nitrogens is 2. The number of nitrogen functional groups attached to an aromatic ring is 1. The van der Waals surface area contributed by atoms with E-state index in [-0.39, 0.29) is 11.6 Å². The van der Waals surface area contributed by atoms with Crippen molar-refractivity contribution in [2.45, 2.75) is 23.7 Å². The number of carbonyl (C=O) groups excluding carboxylic acids is 1. The Morgan fingerprint density at radius 3 is 2.70 bits per heavy atom. The van der Waals surface area contributed by atoms with Crippen LogP contribution in [0.25, 0.3) is 0 Å². The van der Waals surface area contributed by atoms with Gasteiger partial charge in [-0.1, -0.05) is 0 Å². The summed E-state index contributed by atoms with van der Waals surface area (Å²) in [4.78, 5) is 13.3. The van der Waals surface area contributed by atoms with E-state index in [1.165, 1.54) is 0 Å². The van der Waals surface area contributed by atoms with Gasteiger partial charge in [-0.3, -0.25) is 9.89 Å². The molecule has 5 nitrogen and oxygen atoms in total. The molecule has 0 radical (unpaired) electrons. The maximum absolute atomic E-state index is 12.2. The van der Waals surface area contributed by atoms with E-state index in [9.17, 15) is 4.79 Å². The largest absolute Gasteiger partial charge is 0.395 e. The first-order valence-electron chi connectivity index (χ1n) is 6.48. The Hall–Kier alpha value is -1.95. The predicted octanol–water partition coefficient (Wildman–Crippen LogP) is 2.84. The summed E-state index contributed by atoms with van der Waals surface area (Å²) in [6, 6.07) is 7.66. The molecule has 1 saturated carbocycles. The van der Waals surface area contributed by atoms with Crippen LogP contribution >= 0.6 is 11.8 Å². The molecule has 0 bridgehead atoms. The lowest BCUT2D eigenvalue weighted by Crippen LogP contribution is -2.14. The van der Waals surface area contributed by atoms with Crippen molar-refractivity contribution in [3.63, 3.8) is 0 Å². The maximum atomic E-state index is 12.2. The SMILES string of the molecule is CSc1ccc(NC(=O)c2n[nH]c(C3CC3)c2N)cc1. The molecule has 0 saturated heterocycles. The highest BCUT2D eigenvalue weighted by Crippen LogP contribution is 2.42. The van der Waals surface area contributed by atoms with Crippen LogP contribution in [-0.4, -0.2) is 22.4 Å². The van der Waals surface area contributed by atoms with Gasteiger partial charge in [0, 0.05) is 16.5 Å². The van der Waals surface area contributed by atoms with Crippen molar-refractivity contribution in [3.05, 3.63) is 35.7 Å². The molecule has 104 valence electrons. The number of H-pyrrole nitrogens is 1. The van der Waals surface area contributed by atoms with E-state index in [1.807, 2.05) is 30.5 Å². The van der Waals surface area contributed by atoms with E-state index in [2.05, 4.69) is 15.5 Å². The summed E-state index contributed by atoms with van der Waals surface area (Å²) in [6.45, 7) is 0. The average molecular weight is 288 g/mol. The summed E-state index contributed by atoms with van der Waals surface area (Å²) in [7, 11) is 0. The van der Waals surface area contributed by atoms with Gasteiger partial charge in [-0.25, -0.2) is 0 Å². The Balaban J connectivity index is 1.75. The van der Waals surface area contributed by atoms with Gasteiger partial charge in [-0.15, -0.1) is 11.8 Å². The number of thioether (sulfide) groups is 1. The number of nitrogens with zero attached hydrogens (tertiary/aromatic N) is 1. The van der Waals surface area contributed by atoms with E-state index in [1.54, 1.807) is 11.8 Å². The second-order valence-corrected chi connectivity index (χ2v) is 5.74. The molecule has 1 aliphatic carbocycles. The van der Waals surface area contributed by atoms with Crippen molar-refractivity contribution in [3.8, 4) is 0 Å². The molecule has 1 aromatic carbocycles. The Kier molecular flexibility index (Phi) is 3.40. The lowest BCUT2D eigenvalue weighted by atomic mass is 10.2. The molecule has 4 N–H and O–H groups in total. The number of rotatable bonds is 4. The molecule has 1 aromatic heterocycles. The molecule has 6 heteroatoms. The maximum Gasteiger partial charge on any atom is 0.278 e. The van der Waals surface area contributed by atoms with Gasteiger partial charge < -0.3 is 11.1 Å². The first-order valence-corrected chi connectivity index (χ1v) is 7.70. The molecule has 1 aliphatic rings. The molecular formula is C14H16N4OS. The van der Waals surface area contributed by atoms with Crippen LogP contribution in [0.3, 0.4) is 0 Å². The third-order valence-corrected chi connectivity index (χ3v) is 4.13. The topological polar surface area (TPSA) is 83.8 Å². The number of nitrogens with two attached hydrogens (primary N) is 1. The molecule has 2 aromatic rings. The quantitative estimate of drug-likeness (QED) is 0.755. The smallest absolute Gasteiger partial charge is 0.278 e. The fourth-order valence-electron chi connectivity index (χ4n) is 2.09. The van der Waals surface area contributed by atoms with Gasteiger partial charge in [-0.2, -0.15) is 5.10 Å². The van der Waals surface area contributed by atoms with Crippen LogP contribution in [0.4, 0.5) is 11.4 Å². The van der Waals surface area contributed by atoms with Crippen molar-refractivity contribution in [2.24, 2.45) is 0 Å². The van der Waals surface area contributed by atoms with Crippen LogP contribution in [0, 0.1) is 0 Å². The van der Waals surface area contributed by atoms with Crippen LogP contribution in [0.5, 0.6) is 0 Å². The van der Waals surface area contributed by atoms with E-state index in [0.717, 1.165) is 29.1 Å². The molecular weight excluding hydrogens is 272 g/mol. The van der Waals surface area contributed by atoms with Crippen molar-refractivity contribution < 1.29 is 4.79 Å². The second-order valence-electron chi connectivity index (χ2n) is 4.86. The third-order valence-electron chi connectivity index (χ3n) is 3.38. The molecule has 3 rings (SSSR count). The zero-order valence-electron chi connectivity index (χ0n) is 11.1. The number of anilines is 2. The summed E-state index contributed by atoms with van der Waals surface area (Å²) >= 11 is 1.66. The molecule has 0 spiro atoms. The van der Waals surface area contributed by atoms with Crippen molar-refractivity contribution in [2.75, 3.05) is 17.3 Å². The van der Waals surface area contributed by atoms with Gasteiger partial charge in [0.05, 0.1) is 11.4 Å². The first kappa shape index (κ1) is 13.1. The molecule has 0 aliphatic heterocycles. The minimum atomic E-state index is -0.275. The normalized spacial score (nSPS) is 14.2. The average Bonchev–Trinajstić information content (AvgIpc) is 3.22. The Bertz CT molecular complexity index is 631. The molecule has 1 heterocycles. The van der Waals surface area contributed by atoms with Crippen LogP contribution in [0.1, 0.15) is 34.9 Å². The van der Waals surface area contributed by atoms with E-state index in [0.29, 0.717) is 11.6 Å². The van der Waals surface area contributed by atoms with Crippen LogP contribution in [0.15, 0.2) is 29.2 Å². The predicted molar refractivity (Wildman–Crippen MR) is 81.2 cm³/mol. The third kappa shape index (κ3) is 2.51. The number of benzene rings is 1. The summed E-state index contributed by atoms with van der Waals surface area (Å²) in [5.41, 5.74) is 8.38. The number of amides is 1. The minimum Gasteiger partial charge on any atom is -0.395 e. The van der Waals surface area contributed by atoms with Gasteiger partial charge in [0.15, 0.2) is 5.69 Å². The number of hydrogen-bond acceptors (Lipinski definition) is 4. The summed E-state index contributed by atoms with van der Waals surface area (Å²) < 4.78 is 0. The highest BCUT2D eigenvalue weighted by Gasteiger charge is 2.30. The Labute approximate surface area is 121 Å². The highest BCUT2D eigenvalue weighted by molar-refractivity contribution is 7.98. The van der Waals surface area contributed by atoms with E-state index < -0.39 is 0 Å². The monoisotopic (exact) mass is 288 g/mol. The molecule has 1 amide bonds. The van der Waals surface area contributed by atoms with Gasteiger partial charge >= 0.3 is 0 Å². The number of carbonyl (C=O) groups is 1. The lowest BCUT2D eigenvalue weighted by molar-refractivity contribution is 0.102. The van der Waals surface area contributed by atoms with Crippen molar-refractivity contribution in [1.82, 2.24) is 10.2 Å². The number of nitrogens with one attached hydrogen (secondary N) is 2. The van der Waals surface area contributed by atoms with Crippen LogP contribution in [-0.2, 0) is 0 Å². The zero-order chi connectivity index (χ0) is 14.1. The molecule has 0 unspecified atom stereocenters. The van der Waals surface area contributed by atoms with Gasteiger partial charge in [0.1, 0.15) is 0 Å². The molecule has 0 atom stereocenters. The van der Waals surface area contributed by atoms with E-state index >= 15 is 0 Å². The fraction of sp³-hybridized carbons (Fsp3) is 0.286. The second kappa shape index (κ2) is 5.20. The summed E-state index contributed by atoms with van der Waals surface area (Å²) in [6.07, 6.45) is 4.24. The van der Waals surface area contributed by atoms with Gasteiger partial charge in [0.2, 0.25) is 0 Å². The Morgan fingerprint density at radius 2 is 2.10 bits per heavy atom. The lowest BCUT2D eigenvalue weighted by Gasteiger charge is -2.04. The summed E-state index contributed by atoms with van der Waals surface area (Å²) in [5.74, 6) is 0.174. The van der Waals surface area contributed by atoms with Gasteiger partial charge in [-0.05, 0) is 43.4 Å². The summed E-state index contributed by atoms with van der Waals surface area (Å²) in [5, 5.41) is 9.73. The fourth-order valence-corrected chi connectivity index (χ4v) is 2.49. The van der Waals surface area contributed by atoms with Crippen LogP contribution in [0.2, 0.25) is 0 Å². The first-order chi connectivity index (χ1) is 9.69. The van der Waals surface area contributed by atoms with Crippen LogP contribution < -0.4 is 11.1 Å². The van der Waals surface area contributed by atoms with E-state index in [4.69, 9.17) is 5.73 Å². The van der Waals surface area contributed by atoms with Crippen molar-refractivity contribution >= 4 is 29.0 Å². The van der Waals surface area contributed by atoms with Gasteiger partial charge in [0.25, 0.3) is 5.91 Å². The standard InChI is InChI=1S/C14H16N4OS/c1-20-10-6-4-9(5-7-10)16-14(19)13-11(15)12(17-18-13)8-2-3-8/h4-8H,2-3,15H2,1H3,(H,16,19)(H,17,18). The number of hydrogen-bond donors (Lipinski definition) is 3. The van der Waals surface area contributed by atoms with Crippen molar-refractivity contribution in [1.29, 1.82) is 0 Å².